The van der Waals surface area contributed by atoms with Gasteiger partial charge in [0.2, 0.25) is 0 Å². The summed E-state index contributed by atoms with van der Waals surface area (Å²) in [6, 6.07) is 0.591. The van der Waals surface area contributed by atoms with Crippen LogP contribution in [-0.4, -0.2) is 99.2 Å². The summed E-state index contributed by atoms with van der Waals surface area (Å²) >= 11 is 0. The summed E-state index contributed by atoms with van der Waals surface area (Å²) in [4.78, 5) is 12.3. The highest BCUT2D eigenvalue weighted by Gasteiger charge is 2.22. The monoisotopic (exact) mass is 536 g/mol. The van der Waals surface area contributed by atoms with Crippen LogP contribution in [0.2, 0.25) is 0 Å². The minimum absolute atomic E-state index is 0. The van der Waals surface area contributed by atoms with Crippen LogP contribution in [0, 0.1) is 5.92 Å². The SMILES string of the molecule is CCN1CCN(CCCCNC(=NC)NCC(C(C)C)N2CCCCCC2)CC1.I. The quantitative estimate of drug-likeness (QED) is 0.195. The van der Waals surface area contributed by atoms with E-state index in [9.17, 15) is 0 Å². The lowest BCUT2D eigenvalue weighted by molar-refractivity contribution is 0.136. The number of unbranched alkanes of at least 4 members (excludes halogenated alkanes) is 1. The van der Waals surface area contributed by atoms with Gasteiger partial charge in [-0.3, -0.25) is 9.89 Å². The summed E-state index contributed by atoms with van der Waals surface area (Å²) in [5.41, 5.74) is 0. The van der Waals surface area contributed by atoms with Crippen molar-refractivity contribution >= 4 is 29.9 Å². The first-order chi connectivity index (χ1) is 14.1. The molecule has 1 unspecified atom stereocenters. The zero-order valence-electron chi connectivity index (χ0n) is 20.2. The van der Waals surface area contributed by atoms with Crippen molar-refractivity contribution in [3.63, 3.8) is 0 Å². The fraction of sp³-hybridized carbons (Fsp3) is 0.957. The molecule has 0 spiro atoms. The Morgan fingerprint density at radius 2 is 1.50 bits per heavy atom. The minimum atomic E-state index is 0. The maximum atomic E-state index is 4.45. The summed E-state index contributed by atoms with van der Waals surface area (Å²) in [6.07, 6.45) is 7.96. The van der Waals surface area contributed by atoms with Crippen molar-refractivity contribution in [3.05, 3.63) is 0 Å². The molecule has 0 aliphatic carbocycles. The molecule has 2 aliphatic rings. The fourth-order valence-corrected chi connectivity index (χ4v) is 4.63. The molecule has 0 radical (unpaired) electrons. The third-order valence-corrected chi connectivity index (χ3v) is 6.69. The lowest BCUT2D eigenvalue weighted by Gasteiger charge is -2.34. The second kappa shape index (κ2) is 16.5. The Hall–Kier alpha value is -0.120. The molecular formula is C23H49IN6. The van der Waals surface area contributed by atoms with Crippen LogP contribution in [0.15, 0.2) is 4.99 Å². The van der Waals surface area contributed by atoms with Crippen LogP contribution in [0.1, 0.15) is 59.3 Å². The molecule has 2 aliphatic heterocycles. The molecule has 2 heterocycles. The van der Waals surface area contributed by atoms with Crippen molar-refractivity contribution in [3.8, 4) is 0 Å². The van der Waals surface area contributed by atoms with E-state index in [4.69, 9.17) is 0 Å². The van der Waals surface area contributed by atoms with Crippen LogP contribution < -0.4 is 10.6 Å². The molecule has 6 nitrogen and oxygen atoms in total. The molecule has 0 aromatic carbocycles. The zero-order valence-corrected chi connectivity index (χ0v) is 22.5. The number of piperazine rings is 1. The summed E-state index contributed by atoms with van der Waals surface area (Å²) in [6.45, 7) is 18.8. The molecule has 0 saturated carbocycles. The molecule has 2 fully saturated rings. The van der Waals surface area contributed by atoms with Crippen LogP contribution in [-0.2, 0) is 0 Å². The van der Waals surface area contributed by atoms with Crippen molar-refractivity contribution in [1.29, 1.82) is 0 Å². The third kappa shape index (κ3) is 10.5. The first kappa shape index (κ1) is 27.9. The van der Waals surface area contributed by atoms with Gasteiger partial charge >= 0.3 is 0 Å². The highest BCUT2D eigenvalue weighted by Crippen LogP contribution is 2.17. The topological polar surface area (TPSA) is 46.1 Å². The van der Waals surface area contributed by atoms with Crippen LogP contribution in [0.5, 0.6) is 0 Å². The van der Waals surface area contributed by atoms with Crippen molar-refractivity contribution in [2.75, 3.05) is 72.5 Å². The van der Waals surface area contributed by atoms with Gasteiger partial charge in [-0.1, -0.05) is 33.6 Å². The van der Waals surface area contributed by atoms with Gasteiger partial charge < -0.3 is 20.4 Å². The van der Waals surface area contributed by atoms with Gasteiger partial charge in [0.15, 0.2) is 5.96 Å². The Morgan fingerprint density at radius 1 is 0.867 bits per heavy atom. The Morgan fingerprint density at radius 3 is 2.07 bits per heavy atom. The molecule has 1 atom stereocenters. The van der Waals surface area contributed by atoms with Gasteiger partial charge in [-0.2, -0.15) is 0 Å². The largest absolute Gasteiger partial charge is 0.356 e. The van der Waals surface area contributed by atoms with Gasteiger partial charge in [0.05, 0.1) is 0 Å². The standard InChI is InChI=1S/C23H48N6.HI/c1-5-27-16-18-28(19-17-27)13-11-8-12-25-23(24-4)26-20-22(21(2)3)29-14-9-6-7-10-15-29;/h21-22H,5-20H2,1-4H3,(H2,24,25,26);1H. The minimum Gasteiger partial charge on any atom is -0.356 e. The van der Waals surface area contributed by atoms with Crippen LogP contribution >= 0.6 is 24.0 Å². The highest BCUT2D eigenvalue weighted by molar-refractivity contribution is 14.0. The number of hydrogen-bond donors (Lipinski definition) is 2. The van der Waals surface area contributed by atoms with E-state index in [2.05, 4.69) is 51.1 Å². The normalized spacial score (nSPS) is 21.2. The first-order valence-electron chi connectivity index (χ1n) is 12.3. The van der Waals surface area contributed by atoms with Crippen molar-refractivity contribution < 1.29 is 0 Å². The fourth-order valence-electron chi connectivity index (χ4n) is 4.63. The van der Waals surface area contributed by atoms with E-state index < -0.39 is 0 Å². The lowest BCUT2D eigenvalue weighted by Crippen LogP contribution is -2.50. The van der Waals surface area contributed by atoms with E-state index in [0.29, 0.717) is 12.0 Å². The molecule has 0 aromatic heterocycles. The van der Waals surface area contributed by atoms with Gasteiger partial charge in [0.25, 0.3) is 0 Å². The van der Waals surface area contributed by atoms with E-state index in [1.54, 1.807) is 0 Å². The summed E-state index contributed by atoms with van der Waals surface area (Å²) in [7, 11) is 1.89. The predicted octanol–water partition coefficient (Wildman–Crippen LogP) is 3.09. The average molecular weight is 537 g/mol. The first-order valence-corrected chi connectivity index (χ1v) is 12.3. The van der Waals surface area contributed by atoms with Gasteiger partial charge in [-0.05, 0) is 57.8 Å². The van der Waals surface area contributed by atoms with Crippen molar-refractivity contribution in [2.45, 2.75) is 65.3 Å². The van der Waals surface area contributed by atoms with Crippen molar-refractivity contribution in [1.82, 2.24) is 25.3 Å². The molecule has 2 rings (SSSR count). The molecule has 0 amide bonds. The smallest absolute Gasteiger partial charge is 0.191 e. The Labute approximate surface area is 203 Å². The number of aliphatic imine (C=N–C) groups is 1. The van der Waals surface area contributed by atoms with Crippen LogP contribution in [0.25, 0.3) is 0 Å². The van der Waals surface area contributed by atoms with E-state index in [1.807, 2.05) is 7.05 Å². The Bertz CT molecular complexity index is 443. The van der Waals surface area contributed by atoms with Crippen molar-refractivity contribution in [2.24, 2.45) is 10.9 Å². The molecule has 0 bridgehead atoms. The van der Waals surface area contributed by atoms with E-state index in [0.717, 1.165) is 19.0 Å². The number of likely N-dealkylation sites (N-methyl/N-ethyl adjacent to an activating group) is 1. The van der Waals surface area contributed by atoms with Gasteiger partial charge in [-0.25, -0.2) is 0 Å². The molecule has 0 aromatic rings. The van der Waals surface area contributed by atoms with E-state index in [-0.39, 0.29) is 24.0 Å². The Kier molecular flexibility index (Phi) is 15.4. The molecule has 30 heavy (non-hydrogen) atoms. The Balaban J connectivity index is 0.00000450. The summed E-state index contributed by atoms with van der Waals surface area (Å²) < 4.78 is 0. The number of guanidine groups is 1. The number of nitrogens with zero attached hydrogens (tertiary/aromatic N) is 4. The number of hydrogen-bond acceptors (Lipinski definition) is 4. The average Bonchev–Trinajstić information content (AvgIpc) is 3.02. The highest BCUT2D eigenvalue weighted by atomic mass is 127. The maximum Gasteiger partial charge on any atom is 0.191 e. The third-order valence-electron chi connectivity index (χ3n) is 6.69. The zero-order chi connectivity index (χ0) is 20.9. The molecule has 178 valence electrons. The van der Waals surface area contributed by atoms with Gasteiger partial charge in [0.1, 0.15) is 0 Å². The second-order valence-electron chi connectivity index (χ2n) is 9.12. The van der Waals surface area contributed by atoms with Gasteiger partial charge in [0, 0.05) is 52.4 Å². The van der Waals surface area contributed by atoms with Crippen LogP contribution in [0.4, 0.5) is 0 Å². The predicted molar refractivity (Wildman–Crippen MR) is 141 cm³/mol. The number of halogens is 1. The lowest BCUT2D eigenvalue weighted by atomic mass is 10.0. The molecule has 7 heteroatoms. The number of rotatable bonds is 10. The second-order valence-corrected chi connectivity index (χ2v) is 9.12. The molecule has 2 N–H and O–H groups in total. The van der Waals surface area contributed by atoms with Gasteiger partial charge in [-0.15, -0.1) is 24.0 Å². The van der Waals surface area contributed by atoms with Crippen LogP contribution in [0.3, 0.4) is 0 Å². The molecular weight excluding hydrogens is 487 g/mol. The summed E-state index contributed by atoms with van der Waals surface area (Å²) in [5, 5.41) is 7.13. The van der Waals surface area contributed by atoms with E-state index >= 15 is 0 Å². The number of nitrogens with one attached hydrogen (secondary N) is 2. The number of likely N-dealkylation sites (tertiary alicyclic amines) is 1. The molecule has 2 saturated heterocycles. The van der Waals surface area contributed by atoms with E-state index in [1.165, 1.54) is 90.9 Å². The summed E-state index contributed by atoms with van der Waals surface area (Å²) in [5.74, 6) is 1.62. The maximum absolute atomic E-state index is 4.45.